The normalized spacial score (nSPS) is 16.9. The average Bonchev–Trinajstić information content (AvgIpc) is 3.35. The van der Waals surface area contributed by atoms with Gasteiger partial charge in [0.25, 0.3) is 0 Å². The summed E-state index contributed by atoms with van der Waals surface area (Å²) in [5, 5.41) is 3.27. The number of likely N-dealkylation sites (tertiary alicyclic amines) is 1. The Labute approximate surface area is 200 Å². The van der Waals surface area contributed by atoms with Gasteiger partial charge in [-0.05, 0) is 68.1 Å². The van der Waals surface area contributed by atoms with Crippen LogP contribution in [0.25, 0.3) is 0 Å². The quantitative estimate of drug-likeness (QED) is 0.582. The Bertz CT molecular complexity index is 1130. The lowest BCUT2D eigenvalue weighted by molar-refractivity contribution is -0.127. The highest BCUT2D eigenvalue weighted by Crippen LogP contribution is 2.33. The third-order valence-corrected chi connectivity index (χ3v) is 6.78. The van der Waals surface area contributed by atoms with E-state index in [0.29, 0.717) is 6.79 Å². The van der Waals surface area contributed by atoms with Gasteiger partial charge >= 0.3 is 0 Å². The Kier molecular flexibility index (Phi) is 6.72. The number of aryl methyl sites for hydroxylation is 1. The number of carbonyl (C=O) groups excluding carboxylic acids is 1. The first-order chi connectivity index (χ1) is 16.7. The molecule has 2 aliphatic heterocycles. The molecular formula is C27H30N4O3. The zero-order valence-electron chi connectivity index (χ0n) is 19.4. The van der Waals surface area contributed by atoms with Gasteiger partial charge in [0.1, 0.15) is 0 Å². The maximum Gasteiger partial charge on any atom is 0.231 e. The fraction of sp³-hybridized carbons (Fsp3) is 0.370. The van der Waals surface area contributed by atoms with Crippen LogP contribution in [-0.2, 0) is 11.2 Å². The van der Waals surface area contributed by atoms with Gasteiger partial charge in [0.2, 0.25) is 12.7 Å². The van der Waals surface area contributed by atoms with Crippen LogP contribution in [0.4, 0.5) is 0 Å². The minimum atomic E-state index is -0.300. The first kappa shape index (κ1) is 22.3. The number of hydrogen-bond acceptors (Lipinski definition) is 6. The molecule has 1 atom stereocenters. The lowest BCUT2D eigenvalue weighted by Gasteiger charge is -2.32. The number of fused-ring (bicyclic) bond motifs is 1. The number of aromatic nitrogens is 2. The lowest BCUT2D eigenvalue weighted by Crippen LogP contribution is -2.42. The van der Waals surface area contributed by atoms with Crippen molar-refractivity contribution in [3.63, 3.8) is 0 Å². The molecule has 0 spiro atoms. The summed E-state index contributed by atoms with van der Waals surface area (Å²) in [6.07, 6.45) is 7.72. The SMILES string of the molecule is Cc1ccccc1C(NC(=O)C1CCN(CCc2ccc3c(c2)OCO3)CC1)c1cnccn1. The molecule has 3 aromatic rings. The highest BCUT2D eigenvalue weighted by atomic mass is 16.7. The fourth-order valence-electron chi connectivity index (χ4n) is 4.74. The van der Waals surface area contributed by atoms with E-state index in [2.05, 4.69) is 45.3 Å². The van der Waals surface area contributed by atoms with Gasteiger partial charge in [0.05, 0.1) is 17.9 Å². The van der Waals surface area contributed by atoms with Crippen LogP contribution in [0, 0.1) is 12.8 Å². The second-order valence-electron chi connectivity index (χ2n) is 8.98. The zero-order chi connectivity index (χ0) is 23.3. The molecule has 1 N–H and O–H groups in total. The highest BCUT2D eigenvalue weighted by Gasteiger charge is 2.28. The average molecular weight is 459 g/mol. The smallest absolute Gasteiger partial charge is 0.231 e. The molecule has 7 heteroatoms. The molecule has 1 saturated heterocycles. The summed E-state index contributed by atoms with van der Waals surface area (Å²) in [7, 11) is 0. The first-order valence-corrected chi connectivity index (χ1v) is 11.9. The molecule has 1 amide bonds. The molecule has 0 aliphatic carbocycles. The second kappa shape index (κ2) is 10.2. The number of ether oxygens (including phenoxy) is 2. The minimum Gasteiger partial charge on any atom is -0.454 e. The van der Waals surface area contributed by atoms with E-state index in [9.17, 15) is 4.79 Å². The minimum absolute atomic E-state index is 0.00461. The highest BCUT2D eigenvalue weighted by molar-refractivity contribution is 5.79. The van der Waals surface area contributed by atoms with Crippen molar-refractivity contribution in [2.45, 2.75) is 32.2 Å². The van der Waals surface area contributed by atoms with E-state index in [1.807, 2.05) is 24.3 Å². The van der Waals surface area contributed by atoms with Crippen molar-refractivity contribution in [2.24, 2.45) is 5.92 Å². The van der Waals surface area contributed by atoms with Crippen LogP contribution in [-0.4, -0.2) is 47.2 Å². The zero-order valence-corrected chi connectivity index (χ0v) is 19.4. The molecule has 5 rings (SSSR count). The van der Waals surface area contributed by atoms with Crippen molar-refractivity contribution in [3.8, 4) is 11.5 Å². The van der Waals surface area contributed by atoms with Crippen LogP contribution in [0.15, 0.2) is 61.1 Å². The van der Waals surface area contributed by atoms with Gasteiger partial charge in [0, 0.05) is 24.9 Å². The number of nitrogens with one attached hydrogen (secondary N) is 1. The van der Waals surface area contributed by atoms with Crippen molar-refractivity contribution in [2.75, 3.05) is 26.4 Å². The maximum atomic E-state index is 13.3. The molecule has 7 nitrogen and oxygen atoms in total. The van der Waals surface area contributed by atoms with Crippen molar-refractivity contribution in [1.29, 1.82) is 0 Å². The van der Waals surface area contributed by atoms with Crippen molar-refractivity contribution in [1.82, 2.24) is 20.2 Å². The Morgan fingerprint density at radius 2 is 1.94 bits per heavy atom. The van der Waals surface area contributed by atoms with Crippen molar-refractivity contribution >= 4 is 5.91 Å². The van der Waals surface area contributed by atoms with Gasteiger partial charge in [-0.2, -0.15) is 0 Å². The van der Waals surface area contributed by atoms with E-state index in [0.717, 1.165) is 67.2 Å². The third-order valence-electron chi connectivity index (χ3n) is 6.78. The standard InChI is InChI=1S/C27H30N4O3/c1-19-4-2-3-5-22(19)26(23-17-28-11-12-29-23)30-27(32)21-9-14-31(15-10-21)13-8-20-6-7-24-25(16-20)34-18-33-24/h2-7,11-12,16-17,21,26H,8-10,13-15,18H2,1H3,(H,30,32). The van der Waals surface area contributed by atoms with Gasteiger partial charge in [-0.3, -0.25) is 14.8 Å². The number of amides is 1. The first-order valence-electron chi connectivity index (χ1n) is 11.9. The summed E-state index contributed by atoms with van der Waals surface area (Å²) < 4.78 is 10.9. The Morgan fingerprint density at radius 1 is 1.12 bits per heavy atom. The molecule has 2 aromatic carbocycles. The van der Waals surface area contributed by atoms with Crippen LogP contribution < -0.4 is 14.8 Å². The molecule has 1 aromatic heterocycles. The molecule has 0 radical (unpaired) electrons. The van der Waals surface area contributed by atoms with Gasteiger partial charge in [-0.15, -0.1) is 0 Å². The van der Waals surface area contributed by atoms with Crippen LogP contribution in [0.3, 0.4) is 0 Å². The summed E-state index contributed by atoms with van der Waals surface area (Å²) in [5.74, 6) is 1.75. The molecule has 0 bridgehead atoms. The summed E-state index contributed by atoms with van der Waals surface area (Å²) in [5.41, 5.74) is 4.18. The molecule has 3 heterocycles. The maximum absolute atomic E-state index is 13.3. The monoisotopic (exact) mass is 458 g/mol. The molecule has 2 aliphatic rings. The van der Waals surface area contributed by atoms with E-state index in [-0.39, 0.29) is 17.9 Å². The second-order valence-corrected chi connectivity index (χ2v) is 8.98. The van der Waals surface area contributed by atoms with Gasteiger partial charge in [-0.25, -0.2) is 0 Å². The van der Waals surface area contributed by atoms with E-state index in [1.165, 1.54) is 5.56 Å². The summed E-state index contributed by atoms with van der Waals surface area (Å²) in [6, 6.07) is 14.0. The van der Waals surface area contributed by atoms with Crippen LogP contribution >= 0.6 is 0 Å². The number of nitrogens with zero attached hydrogens (tertiary/aromatic N) is 3. The topological polar surface area (TPSA) is 76.6 Å². The van der Waals surface area contributed by atoms with E-state index >= 15 is 0 Å². The number of carbonyl (C=O) groups is 1. The Hall–Kier alpha value is -3.45. The number of rotatable bonds is 7. The Morgan fingerprint density at radius 3 is 2.74 bits per heavy atom. The summed E-state index contributed by atoms with van der Waals surface area (Å²) >= 11 is 0. The fourth-order valence-corrected chi connectivity index (χ4v) is 4.74. The van der Waals surface area contributed by atoms with E-state index in [4.69, 9.17) is 9.47 Å². The van der Waals surface area contributed by atoms with E-state index in [1.54, 1.807) is 18.6 Å². The third kappa shape index (κ3) is 5.04. The predicted molar refractivity (Wildman–Crippen MR) is 129 cm³/mol. The van der Waals surface area contributed by atoms with Gasteiger partial charge in [0.15, 0.2) is 11.5 Å². The number of hydrogen-bond donors (Lipinski definition) is 1. The van der Waals surface area contributed by atoms with E-state index < -0.39 is 0 Å². The van der Waals surface area contributed by atoms with Crippen molar-refractivity contribution < 1.29 is 14.3 Å². The number of piperidine rings is 1. The molecule has 34 heavy (non-hydrogen) atoms. The van der Waals surface area contributed by atoms with Crippen LogP contribution in [0.1, 0.15) is 41.3 Å². The Balaban J connectivity index is 1.17. The lowest BCUT2D eigenvalue weighted by atomic mass is 9.93. The predicted octanol–water partition coefficient (Wildman–Crippen LogP) is 3.67. The number of benzene rings is 2. The largest absolute Gasteiger partial charge is 0.454 e. The molecule has 1 fully saturated rings. The van der Waals surface area contributed by atoms with Gasteiger partial charge < -0.3 is 19.7 Å². The summed E-state index contributed by atoms with van der Waals surface area (Å²) in [4.78, 5) is 24.4. The molecule has 1 unspecified atom stereocenters. The molecule has 0 saturated carbocycles. The summed E-state index contributed by atoms with van der Waals surface area (Å²) in [6.45, 7) is 5.17. The van der Waals surface area contributed by atoms with Crippen LogP contribution in [0.5, 0.6) is 11.5 Å². The molecular weight excluding hydrogens is 428 g/mol. The molecule has 176 valence electrons. The van der Waals surface area contributed by atoms with Crippen molar-refractivity contribution in [3.05, 3.63) is 83.4 Å². The van der Waals surface area contributed by atoms with Crippen LogP contribution in [0.2, 0.25) is 0 Å². The van der Waals surface area contributed by atoms with Gasteiger partial charge in [-0.1, -0.05) is 30.3 Å².